The summed E-state index contributed by atoms with van der Waals surface area (Å²) >= 11 is 0. The quantitative estimate of drug-likeness (QED) is 0.315. The molecule has 1 heterocycles. The van der Waals surface area contributed by atoms with E-state index in [4.69, 9.17) is 5.73 Å². The molecule has 9 nitrogen and oxygen atoms in total. The van der Waals surface area contributed by atoms with Gasteiger partial charge in [-0.05, 0) is 25.5 Å². The summed E-state index contributed by atoms with van der Waals surface area (Å²) in [5, 5.41) is 2.25. The van der Waals surface area contributed by atoms with E-state index in [1.165, 1.54) is 6.92 Å². The van der Waals surface area contributed by atoms with Crippen LogP contribution in [0, 0.1) is 6.92 Å². The lowest BCUT2D eigenvalue weighted by Gasteiger charge is -2.22. The number of esters is 1. The molecule has 0 unspecified atom stereocenters. The highest BCUT2D eigenvalue weighted by Crippen LogP contribution is 2.22. The molecule has 11 heteroatoms. The van der Waals surface area contributed by atoms with Gasteiger partial charge in [0.25, 0.3) is 5.56 Å². The van der Waals surface area contributed by atoms with Gasteiger partial charge in [0.05, 0.1) is 18.8 Å². The Bertz CT molecular complexity index is 1360. The average Bonchev–Trinajstić information content (AvgIpc) is 2.86. The van der Waals surface area contributed by atoms with Gasteiger partial charge >= 0.3 is 11.9 Å². The van der Waals surface area contributed by atoms with Crippen LogP contribution >= 0.6 is 0 Å². The van der Waals surface area contributed by atoms with E-state index < -0.39 is 41.7 Å². The first-order valence-corrected chi connectivity index (χ1v) is 11.4. The zero-order valence-electron chi connectivity index (χ0n) is 20.2. The van der Waals surface area contributed by atoms with Gasteiger partial charge in [-0.2, -0.15) is 8.78 Å². The molecule has 1 amide bonds. The van der Waals surface area contributed by atoms with Crippen molar-refractivity contribution in [1.82, 2.24) is 14.9 Å². The molecule has 3 N–H and O–H groups in total. The molecule has 3 aromatic rings. The number of anilines is 1. The van der Waals surface area contributed by atoms with Crippen LogP contribution in [0.15, 0.2) is 65.6 Å². The zero-order chi connectivity index (χ0) is 27.2. The SMILES string of the molecule is CCOC(=O)C(F)(F)C(=O)[C@H](Cc1ccccc1)NC(=O)Cn1c(-c2cccc(C)c2)ncc(N)c1=O. The number of nitrogens with zero attached hydrogens (tertiary/aromatic N) is 2. The number of carbonyl (C=O) groups is 3. The van der Waals surface area contributed by atoms with E-state index in [2.05, 4.69) is 15.0 Å². The van der Waals surface area contributed by atoms with Crippen LogP contribution in [-0.2, 0) is 32.1 Å². The molecule has 0 saturated carbocycles. The molecule has 2 aromatic carbocycles. The minimum Gasteiger partial charge on any atom is -0.461 e. The Hall–Kier alpha value is -4.41. The molecule has 1 atom stereocenters. The van der Waals surface area contributed by atoms with Gasteiger partial charge in [0, 0.05) is 12.0 Å². The second-order valence-corrected chi connectivity index (χ2v) is 8.27. The van der Waals surface area contributed by atoms with Gasteiger partial charge in [-0.15, -0.1) is 0 Å². The molecule has 1 aromatic heterocycles. The lowest BCUT2D eigenvalue weighted by molar-refractivity contribution is -0.177. The Morgan fingerprint density at radius 1 is 1.14 bits per heavy atom. The van der Waals surface area contributed by atoms with Crippen LogP contribution < -0.4 is 16.6 Å². The summed E-state index contributed by atoms with van der Waals surface area (Å²) < 4.78 is 34.6. The third-order valence-electron chi connectivity index (χ3n) is 5.43. The summed E-state index contributed by atoms with van der Waals surface area (Å²) in [5.41, 5.74) is 6.62. The summed E-state index contributed by atoms with van der Waals surface area (Å²) in [5.74, 6) is -9.14. The first kappa shape index (κ1) is 27.2. The molecule has 0 radical (unpaired) electrons. The lowest BCUT2D eigenvalue weighted by Crippen LogP contribution is -2.53. The number of aromatic nitrogens is 2. The Kier molecular flexibility index (Phi) is 8.49. The molecule has 0 bridgehead atoms. The van der Waals surface area contributed by atoms with Crippen molar-refractivity contribution in [3.05, 3.63) is 82.3 Å². The van der Waals surface area contributed by atoms with Crippen LogP contribution in [0.4, 0.5) is 14.5 Å². The number of rotatable bonds is 10. The average molecular weight is 513 g/mol. The second-order valence-electron chi connectivity index (χ2n) is 8.27. The predicted octanol–water partition coefficient (Wildman–Crippen LogP) is 2.30. The van der Waals surface area contributed by atoms with E-state index in [9.17, 15) is 28.0 Å². The number of benzene rings is 2. The fourth-order valence-corrected chi connectivity index (χ4v) is 3.65. The van der Waals surface area contributed by atoms with Crippen LogP contribution in [0.25, 0.3) is 11.4 Å². The summed E-state index contributed by atoms with van der Waals surface area (Å²) in [6, 6.07) is 13.3. The third kappa shape index (κ3) is 6.43. The van der Waals surface area contributed by atoms with E-state index >= 15 is 0 Å². The number of nitrogens with one attached hydrogen (secondary N) is 1. The molecule has 0 fully saturated rings. The van der Waals surface area contributed by atoms with Gasteiger partial charge in [0.2, 0.25) is 11.7 Å². The van der Waals surface area contributed by atoms with E-state index in [1.807, 2.05) is 13.0 Å². The van der Waals surface area contributed by atoms with E-state index in [-0.39, 0.29) is 24.5 Å². The number of aryl methyl sites for hydroxylation is 1. The maximum absolute atomic E-state index is 14.6. The normalized spacial score (nSPS) is 12.0. The molecule has 0 saturated heterocycles. The van der Waals surface area contributed by atoms with Crippen LogP contribution in [0.2, 0.25) is 0 Å². The van der Waals surface area contributed by atoms with Crippen molar-refractivity contribution < 1.29 is 27.9 Å². The number of hydrogen-bond donors (Lipinski definition) is 2. The highest BCUT2D eigenvalue weighted by Gasteiger charge is 2.52. The topological polar surface area (TPSA) is 133 Å². The minimum absolute atomic E-state index is 0.126. The van der Waals surface area contributed by atoms with Gasteiger partial charge in [-0.3, -0.25) is 19.0 Å². The molecule has 3 rings (SSSR count). The molecule has 0 aliphatic carbocycles. The summed E-state index contributed by atoms with van der Waals surface area (Å²) in [6.07, 6.45) is 0.839. The number of ketones is 1. The molecular formula is C26H26F2N4O5. The van der Waals surface area contributed by atoms with Crippen LogP contribution in [-0.4, -0.2) is 45.8 Å². The number of nitrogen functional groups attached to an aromatic ring is 1. The van der Waals surface area contributed by atoms with Crippen molar-refractivity contribution in [2.24, 2.45) is 0 Å². The predicted molar refractivity (Wildman–Crippen MR) is 132 cm³/mol. The lowest BCUT2D eigenvalue weighted by atomic mass is 9.98. The van der Waals surface area contributed by atoms with Crippen LogP contribution in [0.1, 0.15) is 18.1 Å². The molecule has 0 aliphatic heterocycles. The van der Waals surface area contributed by atoms with Crippen molar-refractivity contribution in [3.8, 4) is 11.4 Å². The maximum Gasteiger partial charge on any atom is 0.401 e. The van der Waals surface area contributed by atoms with Crippen molar-refractivity contribution >= 4 is 23.3 Å². The van der Waals surface area contributed by atoms with Crippen molar-refractivity contribution in [2.45, 2.75) is 38.8 Å². The summed E-state index contributed by atoms with van der Waals surface area (Å²) in [6.45, 7) is 2.14. The number of Topliss-reactive ketones (excluding diaryl/α,β-unsaturated/α-hetero) is 1. The monoisotopic (exact) mass is 512 g/mol. The van der Waals surface area contributed by atoms with Gasteiger partial charge in [-0.1, -0.05) is 54.1 Å². The number of nitrogens with two attached hydrogens (primary N) is 1. The third-order valence-corrected chi connectivity index (χ3v) is 5.43. The van der Waals surface area contributed by atoms with Gasteiger partial charge in [0.15, 0.2) is 0 Å². The van der Waals surface area contributed by atoms with E-state index in [0.717, 1.165) is 16.3 Å². The fraction of sp³-hybridized carbons (Fsp3) is 0.269. The first-order valence-electron chi connectivity index (χ1n) is 11.4. The van der Waals surface area contributed by atoms with Crippen molar-refractivity contribution in [2.75, 3.05) is 12.3 Å². The number of carbonyl (C=O) groups excluding carboxylic acids is 3. The van der Waals surface area contributed by atoms with Crippen LogP contribution in [0.3, 0.4) is 0 Å². The fourth-order valence-electron chi connectivity index (χ4n) is 3.65. The molecule has 37 heavy (non-hydrogen) atoms. The van der Waals surface area contributed by atoms with Crippen LogP contribution in [0.5, 0.6) is 0 Å². The van der Waals surface area contributed by atoms with Gasteiger partial charge in [-0.25, -0.2) is 9.78 Å². The molecular weight excluding hydrogens is 486 g/mol. The summed E-state index contributed by atoms with van der Waals surface area (Å²) in [7, 11) is 0. The van der Waals surface area contributed by atoms with Crippen molar-refractivity contribution in [3.63, 3.8) is 0 Å². The maximum atomic E-state index is 14.6. The molecule has 0 aliphatic rings. The smallest absolute Gasteiger partial charge is 0.401 e. The molecule has 194 valence electrons. The zero-order valence-corrected chi connectivity index (χ0v) is 20.2. The Morgan fingerprint density at radius 2 is 1.84 bits per heavy atom. The van der Waals surface area contributed by atoms with E-state index in [0.29, 0.717) is 11.1 Å². The standard InChI is InChI=1S/C26H26F2N4O5/c1-3-37-25(36)26(27,28)22(34)20(13-17-9-5-4-6-10-17)31-21(33)15-32-23(30-14-19(29)24(32)35)18-11-7-8-16(2)12-18/h4-12,14,20H,3,13,15,29H2,1-2H3,(H,31,33)/t20-/m0/s1. The Morgan fingerprint density at radius 3 is 2.49 bits per heavy atom. The number of amides is 1. The Balaban J connectivity index is 1.93. The van der Waals surface area contributed by atoms with Gasteiger partial charge in [0.1, 0.15) is 18.1 Å². The number of halogens is 2. The van der Waals surface area contributed by atoms with Crippen molar-refractivity contribution in [1.29, 1.82) is 0 Å². The highest BCUT2D eigenvalue weighted by molar-refractivity contribution is 6.08. The largest absolute Gasteiger partial charge is 0.461 e. The highest BCUT2D eigenvalue weighted by atomic mass is 19.3. The first-order chi connectivity index (χ1) is 17.5. The number of hydrogen-bond acceptors (Lipinski definition) is 7. The Labute approximate surface area is 211 Å². The molecule has 0 spiro atoms. The summed E-state index contributed by atoms with van der Waals surface area (Å²) in [4.78, 5) is 54.5. The second kappa shape index (κ2) is 11.5. The van der Waals surface area contributed by atoms with Gasteiger partial charge < -0.3 is 15.8 Å². The number of alkyl halides is 2. The number of ether oxygens (including phenoxy) is 1. The van der Waals surface area contributed by atoms with E-state index in [1.54, 1.807) is 48.5 Å². The minimum atomic E-state index is -4.50.